The van der Waals surface area contributed by atoms with E-state index in [1.165, 1.54) is 4.90 Å². The Balaban J connectivity index is 1.26. The van der Waals surface area contributed by atoms with E-state index in [9.17, 15) is 14.4 Å². The van der Waals surface area contributed by atoms with E-state index in [0.29, 0.717) is 28.8 Å². The largest absolute Gasteiger partial charge is 0.423 e. The molecule has 2 aromatic rings. The van der Waals surface area contributed by atoms with Gasteiger partial charge in [-0.15, -0.1) is 0 Å². The standard InChI is InChI=1S/C26H23NO4/c1-2-14-6-8-17(9-7-14)31-26(30)15-4-3-5-16(12-15)27-24(28)22-18-10-11-19(21-13-20(18)21)23(22)25(27)29/h3-12,18-23H,2,13H2,1H3/t18-,19+,20-,21-,22+,23+/m1/s1. The molecule has 5 nitrogen and oxygen atoms in total. The highest BCUT2D eigenvalue weighted by Crippen LogP contribution is 2.65. The number of rotatable bonds is 4. The number of allylic oxidation sites excluding steroid dienone is 2. The lowest BCUT2D eigenvalue weighted by Crippen LogP contribution is -2.40. The summed E-state index contributed by atoms with van der Waals surface area (Å²) in [5, 5.41) is 0. The fourth-order valence-corrected chi connectivity index (χ4v) is 5.94. The first-order valence-corrected chi connectivity index (χ1v) is 11.0. The lowest BCUT2D eigenvalue weighted by molar-refractivity contribution is -0.124. The highest BCUT2D eigenvalue weighted by atomic mass is 16.5. The second-order valence-corrected chi connectivity index (χ2v) is 9.10. The second kappa shape index (κ2) is 6.64. The lowest BCUT2D eigenvalue weighted by atomic mass is 9.63. The molecule has 156 valence electrons. The van der Waals surface area contributed by atoms with E-state index in [0.717, 1.165) is 18.4 Å². The van der Waals surface area contributed by atoms with Gasteiger partial charge in [-0.05, 0) is 72.4 Å². The molecule has 3 fully saturated rings. The van der Waals surface area contributed by atoms with Crippen LogP contribution in [0.2, 0.25) is 0 Å². The third-order valence-electron chi connectivity index (χ3n) is 7.55. The van der Waals surface area contributed by atoms with Crippen LogP contribution < -0.4 is 9.64 Å². The number of hydrogen-bond acceptors (Lipinski definition) is 4. The second-order valence-electron chi connectivity index (χ2n) is 9.10. The minimum absolute atomic E-state index is 0.125. The normalized spacial score (nSPS) is 32.1. The fourth-order valence-electron chi connectivity index (χ4n) is 5.94. The van der Waals surface area contributed by atoms with Crippen LogP contribution in [0.1, 0.15) is 29.3 Å². The highest BCUT2D eigenvalue weighted by molar-refractivity contribution is 6.23. The molecule has 4 aliphatic carbocycles. The molecular formula is C26H23NO4. The van der Waals surface area contributed by atoms with Crippen molar-refractivity contribution in [3.63, 3.8) is 0 Å². The molecule has 1 aliphatic heterocycles. The van der Waals surface area contributed by atoms with E-state index < -0.39 is 5.97 Å². The number of amides is 2. The first-order valence-electron chi connectivity index (χ1n) is 11.0. The van der Waals surface area contributed by atoms with Crippen LogP contribution in [0, 0.1) is 35.5 Å². The average molecular weight is 413 g/mol. The Morgan fingerprint density at radius 1 is 0.968 bits per heavy atom. The zero-order valence-electron chi connectivity index (χ0n) is 17.2. The molecule has 0 spiro atoms. The molecule has 2 bridgehead atoms. The van der Waals surface area contributed by atoms with E-state index >= 15 is 0 Å². The Morgan fingerprint density at radius 3 is 2.23 bits per heavy atom. The van der Waals surface area contributed by atoms with Gasteiger partial charge in [-0.25, -0.2) is 9.69 Å². The Morgan fingerprint density at radius 2 is 1.61 bits per heavy atom. The van der Waals surface area contributed by atoms with Gasteiger partial charge in [-0.2, -0.15) is 0 Å². The maximum Gasteiger partial charge on any atom is 0.343 e. The molecule has 5 aliphatic rings. The predicted molar refractivity (Wildman–Crippen MR) is 114 cm³/mol. The number of esters is 1. The van der Waals surface area contributed by atoms with Crippen LogP contribution in [-0.2, 0) is 16.0 Å². The Hall–Kier alpha value is -3.21. The minimum Gasteiger partial charge on any atom is -0.423 e. The molecule has 1 saturated heterocycles. The number of benzene rings is 2. The summed E-state index contributed by atoms with van der Waals surface area (Å²) in [6, 6.07) is 14.0. The molecule has 0 N–H and O–H groups in total. The molecule has 0 radical (unpaired) electrons. The Bertz CT molecular complexity index is 1100. The van der Waals surface area contributed by atoms with Gasteiger partial charge < -0.3 is 4.74 Å². The molecule has 31 heavy (non-hydrogen) atoms. The van der Waals surface area contributed by atoms with Crippen molar-refractivity contribution >= 4 is 23.5 Å². The number of hydrogen-bond donors (Lipinski definition) is 0. The number of carbonyl (C=O) groups excluding carboxylic acids is 3. The maximum absolute atomic E-state index is 13.3. The molecule has 2 amide bonds. The van der Waals surface area contributed by atoms with Crippen molar-refractivity contribution in [1.82, 2.24) is 0 Å². The first-order chi connectivity index (χ1) is 15.1. The molecule has 2 aromatic carbocycles. The molecule has 0 unspecified atom stereocenters. The first kappa shape index (κ1) is 18.6. The molecule has 2 saturated carbocycles. The van der Waals surface area contributed by atoms with Crippen molar-refractivity contribution in [3.8, 4) is 5.75 Å². The number of anilines is 1. The van der Waals surface area contributed by atoms with Gasteiger partial charge in [0.25, 0.3) is 0 Å². The van der Waals surface area contributed by atoms with Gasteiger partial charge in [0.2, 0.25) is 11.8 Å². The number of carbonyl (C=O) groups is 3. The van der Waals surface area contributed by atoms with E-state index in [2.05, 4.69) is 19.1 Å². The highest BCUT2D eigenvalue weighted by Gasteiger charge is 2.67. The third-order valence-corrected chi connectivity index (χ3v) is 7.55. The third kappa shape index (κ3) is 2.72. The van der Waals surface area contributed by atoms with Gasteiger partial charge in [0.05, 0.1) is 23.1 Å². The quantitative estimate of drug-likeness (QED) is 0.329. The van der Waals surface area contributed by atoms with Gasteiger partial charge in [-0.1, -0.05) is 37.3 Å². The smallest absolute Gasteiger partial charge is 0.343 e. The summed E-state index contributed by atoms with van der Waals surface area (Å²) in [5.74, 6) is 0.695. The topological polar surface area (TPSA) is 63.7 Å². The fraction of sp³-hybridized carbons (Fsp3) is 0.346. The average Bonchev–Trinajstić information content (AvgIpc) is 3.57. The summed E-state index contributed by atoms with van der Waals surface area (Å²) in [5.41, 5.74) is 1.93. The number of nitrogens with zero attached hydrogens (tertiary/aromatic N) is 1. The van der Waals surface area contributed by atoms with Crippen molar-refractivity contribution in [2.45, 2.75) is 19.8 Å². The van der Waals surface area contributed by atoms with Crippen molar-refractivity contribution in [2.75, 3.05) is 4.90 Å². The van der Waals surface area contributed by atoms with Crippen LogP contribution in [0.15, 0.2) is 60.7 Å². The molecule has 5 heteroatoms. The number of aryl methyl sites for hydroxylation is 1. The molecule has 0 aromatic heterocycles. The summed E-state index contributed by atoms with van der Waals surface area (Å²) in [6.45, 7) is 2.06. The van der Waals surface area contributed by atoms with Gasteiger partial charge in [0.1, 0.15) is 5.75 Å². The Kier molecular flexibility index (Phi) is 3.98. The van der Waals surface area contributed by atoms with Crippen molar-refractivity contribution < 1.29 is 19.1 Å². The van der Waals surface area contributed by atoms with Crippen LogP contribution in [0.4, 0.5) is 5.69 Å². The van der Waals surface area contributed by atoms with Crippen molar-refractivity contribution in [2.24, 2.45) is 35.5 Å². The van der Waals surface area contributed by atoms with Crippen LogP contribution in [0.25, 0.3) is 0 Å². The van der Waals surface area contributed by atoms with Gasteiger partial charge in [0, 0.05) is 0 Å². The van der Waals surface area contributed by atoms with Crippen molar-refractivity contribution in [3.05, 3.63) is 71.8 Å². The van der Waals surface area contributed by atoms with Gasteiger partial charge >= 0.3 is 5.97 Å². The van der Waals surface area contributed by atoms with Gasteiger partial charge in [0.15, 0.2) is 0 Å². The molecule has 1 heterocycles. The molecule has 7 rings (SSSR count). The van der Waals surface area contributed by atoms with Crippen LogP contribution in [0.3, 0.4) is 0 Å². The summed E-state index contributed by atoms with van der Waals surface area (Å²) < 4.78 is 5.49. The zero-order chi connectivity index (χ0) is 21.3. The number of imide groups is 1. The van der Waals surface area contributed by atoms with E-state index in [-0.39, 0.29) is 35.5 Å². The van der Waals surface area contributed by atoms with Crippen molar-refractivity contribution in [1.29, 1.82) is 0 Å². The molecular weight excluding hydrogens is 390 g/mol. The summed E-state index contributed by atoms with van der Waals surface area (Å²) in [4.78, 5) is 40.6. The maximum atomic E-state index is 13.3. The zero-order valence-corrected chi connectivity index (χ0v) is 17.2. The van der Waals surface area contributed by atoms with E-state index in [1.54, 1.807) is 36.4 Å². The minimum atomic E-state index is -0.509. The van der Waals surface area contributed by atoms with E-state index in [4.69, 9.17) is 4.74 Å². The van der Waals surface area contributed by atoms with Crippen LogP contribution in [0.5, 0.6) is 5.75 Å². The van der Waals surface area contributed by atoms with E-state index in [1.807, 2.05) is 12.1 Å². The number of ether oxygens (including phenoxy) is 1. The van der Waals surface area contributed by atoms with Crippen LogP contribution >= 0.6 is 0 Å². The summed E-state index contributed by atoms with van der Waals surface area (Å²) >= 11 is 0. The predicted octanol–water partition coefficient (Wildman–Crippen LogP) is 4.03. The monoisotopic (exact) mass is 413 g/mol. The lowest BCUT2D eigenvalue weighted by Gasteiger charge is -2.37. The SMILES string of the molecule is CCc1ccc(OC(=O)c2cccc(N3C(=O)[C@H]4[C@@H]5C=C[C@@H]([C@H]6C[C@H]56)[C@@H]4C3=O)c2)cc1. The van der Waals surface area contributed by atoms with Crippen LogP contribution in [-0.4, -0.2) is 17.8 Å². The summed E-state index contributed by atoms with van der Waals surface area (Å²) in [6.07, 6.45) is 6.36. The Labute approximate surface area is 180 Å². The summed E-state index contributed by atoms with van der Waals surface area (Å²) in [7, 11) is 0. The molecule has 6 atom stereocenters. The van der Waals surface area contributed by atoms with Gasteiger partial charge in [-0.3, -0.25) is 9.59 Å².